The monoisotopic (exact) mass is 391 g/mol. The standard InChI is InChI=1S/C20H22ClNO5/c1-4-17(27-15-8-6-5-7-9-15)20(24)26-13(2)19(23)22-16-12-14(21)10-11-18(16)25-3/h5-13,17H,4H2,1-3H3,(H,22,23)/t13-,17+/m0/s1. The predicted molar refractivity (Wildman–Crippen MR) is 103 cm³/mol. The summed E-state index contributed by atoms with van der Waals surface area (Å²) in [6.45, 7) is 3.29. The first-order valence-electron chi connectivity index (χ1n) is 8.51. The van der Waals surface area contributed by atoms with Gasteiger partial charge in [-0.1, -0.05) is 36.7 Å². The van der Waals surface area contributed by atoms with Crippen LogP contribution < -0.4 is 14.8 Å². The van der Waals surface area contributed by atoms with Crippen LogP contribution in [0.3, 0.4) is 0 Å². The third kappa shape index (κ3) is 5.89. The number of hydrogen-bond donors (Lipinski definition) is 1. The maximum absolute atomic E-state index is 12.4. The summed E-state index contributed by atoms with van der Waals surface area (Å²) in [4.78, 5) is 24.7. The Kier molecular flexibility index (Phi) is 7.49. The lowest BCUT2D eigenvalue weighted by Crippen LogP contribution is -2.36. The van der Waals surface area contributed by atoms with Crippen LogP contribution in [-0.2, 0) is 14.3 Å². The molecule has 7 heteroatoms. The van der Waals surface area contributed by atoms with Crippen LogP contribution in [0.2, 0.25) is 5.02 Å². The van der Waals surface area contributed by atoms with Gasteiger partial charge in [-0.15, -0.1) is 0 Å². The Balaban J connectivity index is 1.98. The van der Waals surface area contributed by atoms with Crippen LogP contribution in [0.5, 0.6) is 11.5 Å². The van der Waals surface area contributed by atoms with Crippen LogP contribution in [0.25, 0.3) is 0 Å². The SMILES string of the molecule is CC[C@@H](Oc1ccccc1)C(=O)O[C@@H](C)C(=O)Nc1cc(Cl)ccc1OC. The summed E-state index contributed by atoms with van der Waals surface area (Å²) in [5, 5.41) is 3.09. The van der Waals surface area contributed by atoms with Crippen molar-refractivity contribution in [3.63, 3.8) is 0 Å². The summed E-state index contributed by atoms with van der Waals surface area (Å²) in [5.74, 6) is -0.104. The van der Waals surface area contributed by atoms with Gasteiger partial charge in [0, 0.05) is 5.02 Å². The molecule has 0 radical (unpaired) electrons. The van der Waals surface area contributed by atoms with Gasteiger partial charge in [0.1, 0.15) is 11.5 Å². The fourth-order valence-electron chi connectivity index (χ4n) is 2.28. The van der Waals surface area contributed by atoms with Crippen LogP contribution in [0.1, 0.15) is 20.3 Å². The maximum Gasteiger partial charge on any atom is 0.348 e. The average molecular weight is 392 g/mol. The lowest BCUT2D eigenvalue weighted by Gasteiger charge is -2.20. The number of carbonyl (C=O) groups is 2. The number of methoxy groups -OCH3 is 1. The van der Waals surface area contributed by atoms with Crippen molar-refractivity contribution >= 4 is 29.2 Å². The van der Waals surface area contributed by atoms with E-state index < -0.39 is 24.1 Å². The molecule has 0 aliphatic carbocycles. The zero-order valence-electron chi connectivity index (χ0n) is 15.4. The molecule has 1 amide bonds. The molecule has 0 aliphatic heterocycles. The zero-order chi connectivity index (χ0) is 19.8. The van der Waals surface area contributed by atoms with Crippen molar-refractivity contribution in [2.24, 2.45) is 0 Å². The summed E-state index contributed by atoms with van der Waals surface area (Å²) in [5.41, 5.74) is 0.394. The van der Waals surface area contributed by atoms with Crippen LogP contribution in [0.15, 0.2) is 48.5 Å². The van der Waals surface area contributed by atoms with Crippen LogP contribution >= 0.6 is 11.6 Å². The highest BCUT2D eigenvalue weighted by molar-refractivity contribution is 6.31. The Labute approximate surface area is 163 Å². The largest absolute Gasteiger partial charge is 0.495 e. The number of benzene rings is 2. The average Bonchev–Trinajstić information content (AvgIpc) is 2.66. The van der Waals surface area contributed by atoms with Crippen LogP contribution in [-0.4, -0.2) is 31.2 Å². The van der Waals surface area contributed by atoms with Crippen molar-refractivity contribution in [3.05, 3.63) is 53.6 Å². The highest BCUT2D eigenvalue weighted by Gasteiger charge is 2.26. The molecule has 1 N–H and O–H groups in total. The molecule has 0 fully saturated rings. The third-order valence-corrected chi connectivity index (χ3v) is 3.97. The Bertz CT molecular complexity index is 781. The summed E-state index contributed by atoms with van der Waals surface area (Å²) >= 11 is 5.95. The minimum absolute atomic E-state index is 0.394. The first-order valence-corrected chi connectivity index (χ1v) is 8.89. The third-order valence-electron chi connectivity index (χ3n) is 3.74. The van der Waals surface area contributed by atoms with E-state index >= 15 is 0 Å². The van der Waals surface area contributed by atoms with Gasteiger partial charge >= 0.3 is 5.97 Å². The summed E-state index contributed by atoms with van der Waals surface area (Å²) in [6, 6.07) is 13.8. The molecule has 0 spiro atoms. The Morgan fingerprint density at radius 1 is 1.15 bits per heavy atom. The number of nitrogens with one attached hydrogen (secondary N) is 1. The smallest absolute Gasteiger partial charge is 0.348 e. The second-order valence-electron chi connectivity index (χ2n) is 5.74. The topological polar surface area (TPSA) is 73.9 Å². The van der Waals surface area contributed by atoms with E-state index in [1.165, 1.54) is 14.0 Å². The van der Waals surface area contributed by atoms with Gasteiger partial charge in [0.15, 0.2) is 12.2 Å². The second kappa shape index (κ2) is 9.83. The molecule has 2 atom stereocenters. The molecule has 2 aromatic rings. The highest BCUT2D eigenvalue weighted by atomic mass is 35.5. The van der Waals surface area contributed by atoms with Crippen molar-refractivity contribution in [1.82, 2.24) is 0 Å². The molecule has 27 heavy (non-hydrogen) atoms. The van der Waals surface area contributed by atoms with Gasteiger partial charge in [-0.2, -0.15) is 0 Å². The molecule has 2 aromatic carbocycles. The first kappa shape index (κ1) is 20.6. The van der Waals surface area contributed by atoms with Crippen molar-refractivity contribution < 1.29 is 23.8 Å². The first-order chi connectivity index (χ1) is 12.9. The van der Waals surface area contributed by atoms with Crippen LogP contribution in [0.4, 0.5) is 5.69 Å². The highest BCUT2D eigenvalue weighted by Crippen LogP contribution is 2.27. The van der Waals surface area contributed by atoms with Crippen molar-refractivity contribution in [2.75, 3.05) is 12.4 Å². The fraction of sp³-hybridized carbons (Fsp3) is 0.300. The van der Waals surface area contributed by atoms with E-state index in [9.17, 15) is 9.59 Å². The number of halogens is 1. The van der Waals surface area contributed by atoms with E-state index in [0.717, 1.165) is 0 Å². The zero-order valence-corrected chi connectivity index (χ0v) is 16.2. The van der Waals surface area contributed by atoms with E-state index in [2.05, 4.69) is 5.32 Å². The number of para-hydroxylation sites is 1. The molecule has 0 saturated carbocycles. The lowest BCUT2D eigenvalue weighted by molar-refractivity contribution is -0.160. The molecule has 6 nitrogen and oxygen atoms in total. The number of amides is 1. The molecule has 0 aromatic heterocycles. The summed E-state index contributed by atoms with van der Waals surface area (Å²) in [7, 11) is 1.48. The molecule has 0 unspecified atom stereocenters. The molecule has 0 aliphatic rings. The predicted octanol–water partition coefficient (Wildman–Crippen LogP) is 4.08. The van der Waals surface area contributed by atoms with Crippen molar-refractivity contribution in [1.29, 1.82) is 0 Å². The Hall–Kier alpha value is -2.73. The molecule has 144 valence electrons. The molecular weight excluding hydrogens is 370 g/mol. The van der Waals surface area contributed by atoms with Gasteiger partial charge in [0.05, 0.1) is 12.8 Å². The van der Waals surface area contributed by atoms with Crippen LogP contribution in [0, 0.1) is 0 Å². The van der Waals surface area contributed by atoms with Gasteiger partial charge in [-0.25, -0.2) is 4.79 Å². The molecule has 0 saturated heterocycles. The van der Waals surface area contributed by atoms with E-state index in [1.54, 1.807) is 37.3 Å². The second-order valence-corrected chi connectivity index (χ2v) is 6.18. The van der Waals surface area contributed by atoms with E-state index in [-0.39, 0.29) is 0 Å². The summed E-state index contributed by atoms with van der Waals surface area (Å²) in [6.07, 6.45) is -1.41. The number of ether oxygens (including phenoxy) is 3. The van der Waals surface area contributed by atoms with Crippen molar-refractivity contribution in [2.45, 2.75) is 32.5 Å². The Morgan fingerprint density at radius 3 is 2.48 bits per heavy atom. The minimum Gasteiger partial charge on any atom is -0.495 e. The van der Waals surface area contributed by atoms with Gasteiger partial charge in [0.2, 0.25) is 0 Å². The lowest BCUT2D eigenvalue weighted by atomic mass is 10.2. The number of rotatable bonds is 8. The molecule has 2 rings (SSSR count). The number of anilines is 1. The van der Waals surface area contributed by atoms with Gasteiger partial charge < -0.3 is 19.5 Å². The molecule has 0 heterocycles. The van der Waals surface area contributed by atoms with Crippen molar-refractivity contribution in [3.8, 4) is 11.5 Å². The summed E-state index contributed by atoms with van der Waals surface area (Å²) < 4.78 is 16.1. The fourth-order valence-corrected chi connectivity index (χ4v) is 2.45. The van der Waals surface area contributed by atoms with Gasteiger partial charge in [0.25, 0.3) is 5.91 Å². The number of esters is 1. The maximum atomic E-state index is 12.4. The quantitative estimate of drug-likeness (QED) is 0.686. The number of hydrogen-bond acceptors (Lipinski definition) is 5. The molecule has 0 bridgehead atoms. The number of carbonyl (C=O) groups excluding carboxylic acids is 2. The van der Waals surface area contributed by atoms with E-state index in [1.807, 2.05) is 18.2 Å². The van der Waals surface area contributed by atoms with E-state index in [0.29, 0.717) is 28.6 Å². The van der Waals surface area contributed by atoms with Gasteiger partial charge in [-0.3, -0.25) is 4.79 Å². The minimum atomic E-state index is -1.02. The Morgan fingerprint density at radius 2 is 1.85 bits per heavy atom. The van der Waals surface area contributed by atoms with Gasteiger partial charge in [-0.05, 0) is 43.7 Å². The normalized spacial score (nSPS) is 12.6. The molecular formula is C20H22ClNO5. The van der Waals surface area contributed by atoms with E-state index in [4.69, 9.17) is 25.8 Å².